The molecule has 0 atom stereocenters. The normalized spacial score (nSPS) is 11.9. The Balaban J connectivity index is 1.25. The van der Waals surface area contributed by atoms with Crippen LogP contribution >= 0.6 is 11.3 Å². The summed E-state index contributed by atoms with van der Waals surface area (Å²) in [5, 5.41) is 13.1. The summed E-state index contributed by atoms with van der Waals surface area (Å²) in [6.07, 6.45) is 2.13. The SMILES string of the molecule is O=c1[nH]c2c(O)ccc(CCNCCCNS(=O)(=O)CCOCCc3ccccc3)c2s1. The monoisotopic (exact) mass is 479 g/mol. The molecule has 0 aliphatic carbocycles. The maximum Gasteiger partial charge on any atom is 0.305 e. The summed E-state index contributed by atoms with van der Waals surface area (Å²) >= 11 is 1.09. The number of thiazole rings is 1. The highest BCUT2D eigenvalue weighted by Crippen LogP contribution is 2.27. The van der Waals surface area contributed by atoms with Crippen LogP contribution < -0.4 is 14.9 Å². The maximum atomic E-state index is 12.0. The molecule has 3 rings (SSSR count). The largest absolute Gasteiger partial charge is 0.506 e. The van der Waals surface area contributed by atoms with E-state index in [1.54, 1.807) is 6.07 Å². The number of phenols is 1. The number of sulfonamides is 1. The predicted octanol–water partition coefficient (Wildman–Crippen LogP) is 2.00. The van der Waals surface area contributed by atoms with Gasteiger partial charge in [0.2, 0.25) is 10.0 Å². The van der Waals surface area contributed by atoms with E-state index in [1.165, 1.54) is 5.56 Å². The molecule has 4 N–H and O–H groups in total. The molecule has 0 fully saturated rings. The van der Waals surface area contributed by atoms with Crippen molar-refractivity contribution in [3.8, 4) is 5.75 Å². The van der Waals surface area contributed by atoms with Gasteiger partial charge in [0.25, 0.3) is 0 Å². The number of benzene rings is 2. The summed E-state index contributed by atoms with van der Waals surface area (Å²) in [5.74, 6) is 0.0231. The van der Waals surface area contributed by atoms with E-state index in [4.69, 9.17) is 4.74 Å². The molecule has 0 saturated carbocycles. The van der Waals surface area contributed by atoms with Crippen LogP contribution in [-0.4, -0.2) is 57.1 Å². The summed E-state index contributed by atoms with van der Waals surface area (Å²) in [4.78, 5) is 14.0. The van der Waals surface area contributed by atoms with Crippen molar-refractivity contribution >= 4 is 31.6 Å². The molecule has 2 aromatic carbocycles. The Morgan fingerprint density at radius 2 is 1.81 bits per heavy atom. The summed E-state index contributed by atoms with van der Waals surface area (Å²) in [5.41, 5.74) is 2.64. The minimum absolute atomic E-state index is 0.0500. The fourth-order valence-electron chi connectivity index (χ4n) is 3.24. The molecule has 0 saturated heterocycles. The molecule has 0 spiro atoms. The number of hydrogen-bond acceptors (Lipinski definition) is 7. The van der Waals surface area contributed by atoms with Crippen LogP contribution in [0.25, 0.3) is 10.2 Å². The van der Waals surface area contributed by atoms with Crippen molar-refractivity contribution in [3.63, 3.8) is 0 Å². The van der Waals surface area contributed by atoms with Crippen molar-refractivity contribution < 1.29 is 18.3 Å². The molecule has 174 valence electrons. The first-order valence-corrected chi connectivity index (χ1v) is 13.0. The topological polar surface area (TPSA) is 121 Å². The van der Waals surface area contributed by atoms with Gasteiger partial charge in [-0.3, -0.25) is 4.79 Å². The summed E-state index contributed by atoms with van der Waals surface area (Å²) in [6, 6.07) is 13.3. The Morgan fingerprint density at radius 3 is 2.62 bits per heavy atom. The third kappa shape index (κ3) is 7.72. The van der Waals surface area contributed by atoms with E-state index in [-0.39, 0.29) is 23.0 Å². The van der Waals surface area contributed by atoms with Crippen molar-refractivity contribution in [1.29, 1.82) is 0 Å². The zero-order valence-corrected chi connectivity index (χ0v) is 19.4. The van der Waals surface area contributed by atoms with Gasteiger partial charge in [-0.1, -0.05) is 47.7 Å². The van der Waals surface area contributed by atoms with Gasteiger partial charge in [0.05, 0.1) is 23.7 Å². The number of rotatable bonds is 14. The minimum Gasteiger partial charge on any atom is -0.506 e. The average molecular weight is 480 g/mol. The highest BCUT2D eigenvalue weighted by atomic mass is 32.2. The molecule has 0 bridgehead atoms. The zero-order chi connectivity index (χ0) is 22.8. The van der Waals surface area contributed by atoms with E-state index in [0.717, 1.165) is 28.0 Å². The van der Waals surface area contributed by atoms with Gasteiger partial charge in [-0.05, 0) is 49.5 Å². The molecule has 0 unspecified atom stereocenters. The van der Waals surface area contributed by atoms with E-state index < -0.39 is 10.0 Å². The quantitative estimate of drug-likeness (QED) is 0.263. The Bertz CT molecular complexity index is 1140. The Labute approximate surface area is 191 Å². The van der Waals surface area contributed by atoms with Crippen molar-refractivity contribution in [3.05, 3.63) is 63.3 Å². The van der Waals surface area contributed by atoms with Gasteiger partial charge in [0.1, 0.15) is 11.3 Å². The van der Waals surface area contributed by atoms with Crippen molar-refractivity contribution in [1.82, 2.24) is 15.0 Å². The minimum atomic E-state index is -3.35. The molecule has 10 heteroatoms. The Morgan fingerprint density at radius 1 is 1.00 bits per heavy atom. The molecule has 3 aromatic rings. The lowest BCUT2D eigenvalue weighted by atomic mass is 10.1. The number of H-pyrrole nitrogens is 1. The molecule has 1 heterocycles. The van der Waals surface area contributed by atoms with Crippen LogP contribution in [0.1, 0.15) is 17.5 Å². The van der Waals surface area contributed by atoms with Crippen LogP contribution in [0.15, 0.2) is 47.3 Å². The van der Waals surface area contributed by atoms with E-state index in [1.807, 2.05) is 36.4 Å². The fraction of sp³-hybridized carbons (Fsp3) is 0.409. The van der Waals surface area contributed by atoms with Crippen LogP contribution in [0.3, 0.4) is 0 Å². The number of phenolic OH excluding ortho intramolecular Hbond substituents is 1. The molecule has 1 aromatic heterocycles. The van der Waals surface area contributed by atoms with E-state index in [9.17, 15) is 18.3 Å². The first kappa shape index (κ1) is 24.4. The summed E-state index contributed by atoms with van der Waals surface area (Å²) in [7, 11) is -3.35. The molecular weight excluding hydrogens is 450 g/mol. The van der Waals surface area contributed by atoms with E-state index in [2.05, 4.69) is 15.0 Å². The van der Waals surface area contributed by atoms with Gasteiger partial charge in [0, 0.05) is 6.54 Å². The summed E-state index contributed by atoms with van der Waals surface area (Å²) in [6.45, 7) is 2.39. The van der Waals surface area contributed by atoms with Crippen molar-refractivity contribution in [2.75, 3.05) is 38.6 Å². The van der Waals surface area contributed by atoms with Crippen LogP contribution in [-0.2, 0) is 27.6 Å². The van der Waals surface area contributed by atoms with Gasteiger partial charge in [-0.2, -0.15) is 0 Å². The van der Waals surface area contributed by atoms with Gasteiger partial charge in [-0.15, -0.1) is 0 Å². The van der Waals surface area contributed by atoms with Crippen LogP contribution in [0.4, 0.5) is 0 Å². The number of fused-ring (bicyclic) bond motifs is 1. The molecule has 0 amide bonds. The van der Waals surface area contributed by atoms with Crippen molar-refractivity contribution in [2.24, 2.45) is 0 Å². The number of aromatic hydroxyl groups is 1. The lowest BCUT2D eigenvalue weighted by Crippen LogP contribution is -2.31. The van der Waals surface area contributed by atoms with Gasteiger partial charge in [0.15, 0.2) is 0 Å². The van der Waals surface area contributed by atoms with Crippen LogP contribution in [0.5, 0.6) is 5.75 Å². The van der Waals surface area contributed by atoms with Crippen molar-refractivity contribution in [2.45, 2.75) is 19.3 Å². The van der Waals surface area contributed by atoms with E-state index in [0.29, 0.717) is 44.6 Å². The van der Waals surface area contributed by atoms with Gasteiger partial charge >= 0.3 is 4.87 Å². The Kier molecular flexibility index (Phi) is 9.24. The molecule has 0 aliphatic rings. The Hall–Kier alpha value is -2.24. The number of aromatic nitrogens is 1. The highest BCUT2D eigenvalue weighted by Gasteiger charge is 2.10. The number of hydrogen-bond donors (Lipinski definition) is 4. The maximum absolute atomic E-state index is 12.0. The lowest BCUT2D eigenvalue weighted by Gasteiger charge is -2.09. The first-order valence-electron chi connectivity index (χ1n) is 10.6. The fourth-order valence-corrected chi connectivity index (χ4v) is 5.07. The smallest absolute Gasteiger partial charge is 0.305 e. The number of ether oxygens (including phenoxy) is 1. The molecule has 0 aliphatic heterocycles. The second-order valence-corrected chi connectivity index (χ2v) is 10.3. The second kappa shape index (κ2) is 12.1. The average Bonchev–Trinajstić information content (AvgIpc) is 3.17. The zero-order valence-electron chi connectivity index (χ0n) is 17.8. The third-order valence-electron chi connectivity index (χ3n) is 4.94. The molecular formula is C22H29N3O5S2. The molecule has 0 radical (unpaired) electrons. The lowest BCUT2D eigenvalue weighted by molar-refractivity contribution is 0.152. The predicted molar refractivity (Wildman–Crippen MR) is 128 cm³/mol. The standard InChI is InChI=1S/C22H29N3O5S2/c26-19-8-7-18(21-20(19)25-22(27)31-21)9-13-23-11-4-12-24-32(28,29)16-15-30-14-10-17-5-2-1-3-6-17/h1-3,5-8,23-24,26H,4,9-16H2,(H,25,27). The van der Waals surface area contributed by atoms with Gasteiger partial charge in [-0.25, -0.2) is 13.1 Å². The number of nitrogens with one attached hydrogen (secondary N) is 3. The highest BCUT2D eigenvalue weighted by molar-refractivity contribution is 7.89. The molecule has 32 heavy (non-hydrogen) atoms. The van der Waals surface area contributed by atoms with Gasteiger partial charge < -0.3 is 20.1 Å². The molecule has 8 nitrogen and oxygen atoms in total. The second-order valence-electron chi connectivity index (χ2n) is 7.38. The number of aromatic amines is 1. The van der Waals surface area contributed by atoms with Crippen LogP contribution in [0.2, 0.25) is 0 Å². The van der Waals surface area contributed by atoms with E-state index >= 15 is 0 Å². The van der Waals surface area contributed by atoms with Crippen LogP contribution in [0, 0.1) is 0 Å². The third-order valence-corrected chi connectivity index (χ3v) is 7.24. The first-order chi connectivity index (χ1) is 15.4. The summed E-state index contributed by atoms with van der Waals surface area (Å²) < 4.78 is 32.9.